The fourth-order valence-corrected chi connectivity index (χ4v) is 2.80. The summed E-state index contributed by atoms with van der Waals surface area (Å²) in [5.74, 6) is 1.84. The molecule has 0 aromatic rings. The van der Waals surface area contributed by atoms with Gasteiger partial charge in [0.2, 0.25) is 0 Å². The van der Waals surface area contributed by atoms with Crippen LogP contribution in [-0.4, -0.2) is 30.1 Å². The summed E-state index contributed by atoms with van der Waals surface area (Å²) < 4.78 is 0. The Bertz CT molecular complexity index is 153. The van der Waals surface area contributed by atoms with E-state index in [0.717, 1.165) is 17.9 Å². The predicted molar refractivity (Wildman–Crippen MR) is 50.9 cm³/mol. The Hall–Kier alpha value is -0.0800. The van der Waals surface area contributed by atoms with Gasteiger partial charge < -0.3 is 10.6 Å². The van der Waals surface area contributed by atoms with Gasteiger partial charge in [-0.2, -0.15) is 0 Å². The maximum Gasteiger partial charge on any atom is 0.00452 e. The summed E-state index contributed by atoms with van der Waals surface area (Å²) in [4.78, 5) is 2.60. The maximum atomic E-state index is 5.93. The minimum absolute atomic E-state index is 0.509. The highest BCUT2D eigenvalue weighted by atomic mass is 15.2. The lowest BCUT2D eigenvalue weighted by atomic mass is 10.0. The second kappa shape index (κ2) is 3.00. The molecule has 1 aliphatic carbocycles. The van der Waals surface area contributed by atoms with E-state index in [4.69, 9.17) is 5.73 Å². The fourth-order valence-electron chi connectivity index (χ4n) is 2.80. The number of likely N-dealkylation sites (tertiary alicyclic amines) is 1. The van der Waals surface area contributed by atoms with E-state index in [1.54, 1.807) is 0 Å². The first-order chi connectivity index (χ1) is 5.66. The lowest BCUT2D eigenvalue weighted by molar-refractivity contribution is 0.252. The number of fused-ring (bicyclic) bond motifs is 1. The minimum atomic E-state index is 0.509. The highest BCUT2D eigenvalue weighted by Gasteiger charge is 2.39. The topological polar surface area (TPSA) is 29.3 Å². The van der Waals surface area contributed by atoms with Gasteiger partial charge in [-0.25, -0.2) is 0 Å². The van der Waals surface area contributed by atoms with E-state index in [1.165, 1.54) is 25.9 Å². The van der Waals surface area contributed by atoms with Gasteiger partial charge in [0.1, 0.15) is 0 Å². The van der Waals surface area contributed by atoms with E-state index in [2.05, 4.69) is 18.7 Å². The van der Waals surface area contributed by atoms with Gasteiger partial charge in [-0.15, -0.1) is 0 Å². The molecule has 2 aliphatic rings. The maximum absolute atomic E-state index is 5.93. The summed E-state index contributed by atoms with van der Waals surface area (Å²) >= 11 is 0. The van der Waals surface area contributed by atoms with Gasteiger partial charge in [-0.1, -0.05) is 0 Å². The Morgan fingerprint density at radius 3 is 2.08 bits per heavy atom. The van der Waals surface area contributed by atoms with E-state index in [1.807, 2.05) is 0 Å². The molecule has 2 nitrogen and oxygen atoms in total. The fraction of sp³-hybridized carbons (Fsp3) is 1.00. The number of nitrogens with two attached hydrogens (primary N) is 1. The molecule has 70 valence electrons. The van der Waals surface area contributed by atoms with Crippen LogP contribution in [0.15, 0.2) is 0 Å². The third kappa shape index (κ3) is 1.38. The molecule has 2 fully saturated rings. The summed E-state index contributed by atoms with van der Waals surface area (Å²) in [6.45, 7) is 7.19. The Morgan fingerprint density at radius 1 is 1.17 bits per heavy atom. The number of hydrogen-bond acceptors (Lipinski definition) is 2. The van der Waals surface area contributed by atoms with Gasteiger partial charge in [0.15, 0.2) is 0 Å². The molecular formula is C10H20N2. The molecule has 3 atom stereocenters. The van der Waals surface area contributed by atoms with E-state index < -0.39 is 0 Å². The van der Waals surface area contributed by atoms with E-state index in [0.29, 0.717) is 6.04 Å². The molecule has 0 radical (unpaired) electrons. The van der Waals surface area contributed by atoms with Crippen LogP contribution in [0.1, 0.15) is 26.7 Å². The van der Waals surface area contributed by atoms with Crippen molar-refractivity contribution in [1.29, 1.82) is 0 Å². The Morgan fingerprint density at radius 2 is 1.67 bits per heavy atom. The highest BCUT2D eigenvalue weighted by Crippen LogP contribution is 2.37. The quantitative estimate of drug-likeness (QED) is 0.634. The van der Waals surface area contributed by atoms with Crippen LogP contribution < -0.4 is 5.73 Å². The molecule has 0 aromatic heterocycles. The van der Waals surface area contributed by atoms with Crippen LogP contribution in [0.2, 0.25) is 0 Å². The molecule has 1 saturated heterocycles. The normalized spacial score (nSPS) is 42.5. The first kappa shape index (κ1) is 8.52. The van der Waals surface area contributed by atoms with Crippen molar-refractivity contribution in [3.63, 3.8) is 0 Å². The zero-order valence-electron chi connectivity index (χ0n) is 8.16. The van der Waals surface area contributed by atoms with Crippen molar-refractivity contribution >= 4 is 0 Å². The molecule has 0 amide bonds. The summed E-state index contributed by atoms with van der Waals surface area (Å²) in [6, 6.07) is 1.24. The molecule has 0 spiro atoms. The van der Waals surface area contributed by atoms with E-state index in [-0.39, 0.29) is 0 Å². The van der Waals surface area contributed by atoms with Crippen LogP contribution in [-0.2, 0) is 0 Å². The van der Waals surface area contributed by atoms with Crippen molar-refractivity contribution in [2.24, 2.45) is 17.6 Å². The van der Waals surface area contributed by atoms with Crippen LogP contribution in [0.4, 0.5) is 0 Å². The van der Waals surface area contributed by atoms with Gasteiger partial charge in [0.05, 0.1) is 0 Å². The first-order valence-electron chi connectivity index (χ1n) is 5.16. The largest absolute Gasteiger partial charge is 0.328 e. The molecule has 2 N–H and O–H groups in total. The van der Waals surface area contributed by atoms with Crippen LogP contribution in [0, 0.1) is 11.8 Å². The average molecular weight is 168 g/mol. The molecule has 2 rings (SSSR count). The van der Waals surface area contributed by atoms with Crippen LogP contribution in [0.3, 0.4) is 0 Å². The summed E-state index contributed by atoms with van der Waals surface area (Å²) in [7, 11) is 0. The first-order valence-corrected chi connectivity index (χ1v) is 5.16. The number of hydrogen-bond donors (Lipinski definition) is 1. The third-order valence-electron chi connectivity index (χ3n) is 3.55. The Labute approximate surface area is 75.1 Å². The van der Waals surface area contributed by atoms with Crippen molar-refractivity contribution in [2.45, 2.75) is 38.8 Å². The highest BCUT2D eigenvalue weighted by molar-refractivity contribution is 4.94. The van der Waals surface area contributed by atoms with Gasteiger partial charge in [0.25, 0.3) is 0 Å². The zero-order chi connectivity index (χ0) is 8.72. The SMILES string of the molecule is CC(C)N1CC2CC(N)C[C@@H]2C1. The van der Waals surface area contributed by atoms with Crippen molar-refractivity contribution in [2.75, 3.05) is 13.1 Å². The molecule has 0 bridgehead atoms. The number of nitrogens with zero attached hydrogens (tertiary/aromatic N) is 1. The smallest absolute Gasteiger partial charge is 0.00452 e. The third-order valence-corrected chi connectivity index (χ3v) is 3.55. The molecule has 1 aliphatic heterocycles. The van der Waals surface area contributed by atoms with Crippen molar-refractivity contribution < 1.29 is 0 Å². The van der Waals surface area contributed by atoms with Crippen molar-refractivity contribution in [3.8, 4) is 0 Å². The monoisotopic (exact) mass is 168 g/mol. The van der Waals surface area contributed by atoms with Crippen molar-refractivity contribution in [1.82, 2.24) is 4.90 Å². The standard InChI is InChI=1S/C10H20N2/c1-7(2)12-5-8-3-10(11)4-9(8)6-12/h7-10H,3-6,11H2,1-2H3/t8-,9?,10?/m1/s1. The molecule has 1 saturated carbocycles. The number of rotatable bonds is 1. The van der Waals surface area contributed by atoms with E-state index in [9.17, 15) is 0 Å². The Kier molecular flexibility index (Phi) is 2.13. The van der Waals surface area contributed by atoms with Crippen LogP contribution >= 0.6 is 0 Å². The Balaban J connectivity index is 1.93. The molecule has 0 aromatic carbocycles. The van der Waals surface area contributed by atoms with Gasteiger partial charge in [-0.05, 0) is 38.5 Å². The molecule has 1 heterocycles. The molecular weight excluding hydrogens is 148 g/mol. The second-order valence-corrected chi connectivity index (χ2v) is 4.80. The minimum Gasteiger partial charge on any atom is -0.328 e. The molecule has 2 heteroatoms. The summed E-state index contributed by atoms with van der Waals surface area (Å²) in [6.07, 6.45) is 2.54. The van der Waals surface area contributed by atoms with Gasteiger partial charge >= 0.3 is 0 Å². The second-order valence-electron chi connectivity index (χ2n) is 4.80. The lowest BCUT2D eigenvalue weighted by Gasteiger charge is -2.21. The summed E-state index contributed by atoms with van der Waals surface area (Å²) in [5.41, 5.74) is 5.93. The molecule has 2 unspecified atom stereocenters. The lowest BCUT2D eigenvalue weighted by Crippen LogP contribution is -2.30. The zero-order valence-corrected chi connectivity index (χ0v) is 8.16. The average Bonchev–Trinajstić information content (AvgIpc) is 2.42. The van der Waals surface area contributed by atoms with E-state index >= 15 is 0 Å². The summed E-state index contributed by atoms with van der Waals surface area (Å²) in [5, 5.41) is 0. The van der Waals surface area contributed by atoms with Gasteiger partial charge in [-0.3, -0.25) is 0 Å². The van der Waals surface area contributed by atoms with Crippen LogP contribution in [0.25, 0.3) is 0 Å². The van der Waals surface area contributed by atoms with Crippen molar-refractivity contribution in [3.05, 3.63) is 0 Å². The molecule has 12 heavy (non-hydrogen) atoms. The predicted octanol–water partition coefficient (Wildman–Crippen LogP) is 1.06. The van der Waals surface area contributed by atoms with Gasteiger partial charge in [0, 0.05) is 25.2 Å². The van der Waals surface area contributed by atoms with Crippen LogP contribution in [0.5, 0.6) is 0 Å².